The van der Waals surface area contributed by atoms with Crippen LogP contribution in [0.3, 0.4) is 0 Å². The summed E-state index contributed by atoms with van der Waals surface area (Å²) in [6.45, 7) is -9.53. The molecule has 4 saturated heterocycles. The lowest BCUT2D eigenvalue weighted by Crippen LogP contribution is -2.70. The molecule has 0 aromatic carbocycles. The number of nitrogens with one attached hydrogen (secondary N) is 2. The fourth-order valence-corrected chi connectivity index (χ4v) is 8.85. The van der Waals surface area contributed by atoms with E-state index in [1.165, 1.54) is 35.6 Å². The van der Waals surface area contributed by atoms with E-state index >= 15 is 4.39 Å². The third-order valence-corrected chi connectivity index (χ3v) is 11.2. The summed E-state index contributed by atoms with van der Waals surface area (Å²) < 4.78 is 71.6. The molecular formula is C21H29FN10O10P2S2. The quantitative estimate of drug-likeness (QED) is 0.155. The van der Waals surface area contributed by atoms with Crippen LogP contribution in [0.4, 0.5) is 10.2 Å². The number of fused-ring (bicyclic) bond motifs is 5. The number of thiol groups is 1. The van der Waals surface area contributed by atoms with Crippen molar-refractivity contribution in [2.75, 3.05) is 26.1 Å². The third-order valence-electron chi connectivity index (χ3n) is 7.99. The molecule has 20 nitrogen and oxygen atoms in total. The molecule has 7 rings (SSSR count). The number of carbonyl (C=O) groups excluding carboxylic acids is 1. The summed E-state index contributed by atoms with van der Waals surface area (Å²) in [5, 5.41) is 5.54. The van der Waals surface area contributed by atoms with Gasteiger partial charge >= 0.3 is 13.5 Å². The number of halogens is 1. The lowest BCUT2D eigenvalue weighted by molar-refractivity contribution is -0.130. The van der Waals surface area contributed by atoms with Crippen molar-refractivity contribution in [3.8, 4) is 0 Å². The Hall–Kier alpha value is -1.95. The number of methoxy groups -OCH3 is 1. The number of imidazole rings is 1. The highest BCUT2D eigenvalue weighted by atomic mass is 32.7. The van der Waals surface area contributed by atoms with Gasteiger partial charge in [0, 0.05) is 7.11 Å². The maximum Gasteiger partial charge on any atom is 0.386 e. The highest BCUT2D eigenvalue weighted by Gasteiger charge is 2.56. The van der Waals surface area contributed by atoms with Crippen LogP contribution in [0.5, 0.6) is 0 Å². The molecule has 5 unspecified atom stereocenters. The lowest BCUT2D eigenvalue weighted by atomic mass is 10.1. The van der Waals surface area contributed by atoms with E-state index in [1.54, 1.807) is 0 Å². The van der Waals surface area contributed by atoms with E-state index in [4.69, 9.17) is 55.6 Å². The molecule has 13 atom stereocenters. The van der Waals surface area contributed by atoms with Gasteiger partial charge in [-0.25, -0.2) is 23.9 Å². The maximum atomic E-state index is 16.1. The second-order valence-electron chi connectivity index (χ2n) is 10.8. The van der Waals surface area contributed by atoms with Gasteiger partial charge in [-0.1, -0.05) is 12.2 Å². The van der Waals surface area contributed by atoms with Gasteiger partial charge in [0.15, 0.2) is 36.1 Å². The topological polar surface area (TPSA) is 254 Å². The predicted molar refractivity (Wildman–Crippen MR) is 160 cm³/mol. The first kappa shape index (κ1) is 32.6. The molecule has 5 aliphatic rings. The number of hydrogen-bond acceptors (Lipinski definition) is 18. The minimum absolute atomic E-state index is 0.0670. The molecule has 2 bridgehead atoms. The Bertz CT molecular complexity index is 1650. The summed E-state index contributed by atoms with van der Waals surface area (Å²) in [5.41, 5.74) is 12.2. The molecule has 25 heteroatoms. The van der Waals surface area contributed by atoms with Crippen LogP contribution in [-0.2, 0) is 53.5 Å². The minimum Gasteiger partial charge on any atom is -0.382 e. The third kappa shape index (κ3) is 5.85. The minimum atomic E-state index is -4.31. The van der Waals surface area contributed by atoms with Gasteiger partial charge in [-0.15, -0.1) is 0 Å². The first-order chi connectivity index (χ1) is 21.9. The molecule has 7 N–H and O–H groups in total. The normalized spacial score (nSPS) is 44.7. The van der Waals surface area contributed by atoms with Crippen LogP contribution >= 0.6 is 25.8 Å². The van der Waals surface area contributed by atoms with Crippen molar-refractivity contribution in [1.29, 1.82) is 0 Å². The Kier molecular flexibility index (Phi) is 8.63. The van der Waals surface area contributed by atoms with Crippen LogP contribution in [-0.4, -0.2) is 123 Å². The molecule has 7 heterocycles. The van der Waals surface area contributed by atoms with Gasteiger partial charge in [-0.2, -0.15) is 0 Å². The van der Waals surface area contributed by atoms with Crippen molar-refractivity contribution in [3.63, 3.8) is 0 Å². The number of nitrogen functional groups attached to an aromatic ring is 1. The predicted octanol–water partition coefficient (Wildman–Crippen LogP) is -1.54. The van der Waals surface area contributed by atoms with E-state index in [-0.39, 0.29) is 17.0 Å². The summed E-state index contributed by atoms with van der Waals surface area (Å²) in [4.78, 5) is 41.5. The molecule has 5 aliphatic heterocycles. The smallest absolute Gasteiger partial charge is 0.382 e. The summed E-state index contributed by atoms with van der Waals surface area (Å²) in [7, 11) is 1.35. The molecule has 2 aromatic heterocycles. The Morgan fingerprint density at radius 3 is 2.72 bits per heavy atom. The Morgan fingerprint density at radius 2 is 1.93 bits per heavy atom. The number of nitrogens with two attached hydrogens (primary N) is 2. The fourth-order valence-electron chi connectivity index (χ4n) is 5.96. The van der Waals surface area contributed by atoms with E-state index in [9.17, 15) is 14.3 Å². The Labute approximate surface area is 269 Å². The van der Waals surface area contributed by atoms with Crippen molar-refractivity contribution in [3.05, 3.63) is 12.7 Å². The Balaban J connectivity index is 1.17. The van der Waals surface area contributed by atoms with Gasteiger partial charge in [0.1, 0.15) is 54.8 Å². The second kappa shape index (κ2) is 12.2. The van der Waals surface area contributed by atoms with Gasteiger partial charge in [0.05, 0.1) is 25.9 Å². The number of rotatable bonds is 3. The number of aromatic nitrogens is 4. The number of aliphatic imine (C=N–C) groups is 1. The van der Waals surface area contributed by atoms with Crippen molar-refractivity contribution in [2.45, 2.75) is 67.6 Å². The van der Waals surface area contributed by atoms with Gasteiger partial charge in [-0.3, -0.25) is 39.0 Å². The number of ether oxygens (including phenoxy) is 3. The zero-order valence-corrected chi connectivity index (χ0v) is 27.1. The van der Waals surface area contributed by atoms with E-state index < -0.39 is 100 Å². The van der Waals surface area contributed by atoms with Crippen molar-refractivity contribution in [2.24, 2.45) is 10.7 Å². The van der Waals surface area contributed by atoms with Crippen LogP contribution in [0.1, 0.15) is 6.23 Å². The van der Waals surface area contributed by atoms with Crippen molar-refractivity contribution < 1.29 is 50.9 Å². The number of anilines is 1. The molecule has 0 saturated carbocycles. The average Bonchev–Trinajstić information content (AvgIpc) is 3.75. The molecular weight excluding hydrogens is 697 g/mol. The maximum absolute atomic E-state index is 16.1. The van der Waals surface area contributed by atoms with Gasteiger partial charge in [0.25, 0.3) is 5.91 Å². The van der Waals surface area contributed by atoms with Gasteiger partial charge in [0.2, 0.25) is 0 Å². The molecule has 2 aromatic rings. The average molecular weight is 727 g/mol. The van der Waals surface area contributed by atoms with Crippen LogP contribution < -0.4 is 22.1 Å². The SMILES string of the molecule is CO[C@H]1[C@H]2OP(=O)(S)OC[C@H]3O[C@@H](n4cnc5c(N)ncnc54)[C@H](F)[C@@H]3OP(O)(=S)OC[C@H]1O[C@H]2N1C=NC2C(=O)NC(N)NC21. The summed E-state index contributed by atoms with van der Waals surface area (Å²) >= 11 is 9.41. The second-order valence-corrected chi connectivity index (χ2v) is 16.4. The number of hydrogen-bond donors (Lipinski definition) is 6. The number of amides is 1. The van der Waals surface area contributed by atoms with E-state index in [0.29, 0.717) is 0 Å². The van der Waals surface area contributed by atoms with Crippen LogP contribution in [0.15, 0.2) is 17.6 Å². The standard InChI is InChI=1S/C21H29FN10O10P2S2/c1-36-13-8-3-38-43(34,45)41-12-7(39-19(9(12)22)31-5-27-10-15(23)25-4-26-16(10)31)2-37-44(35,46)42-14(13)20(40-8)32-6-28-11-17(32)29-21(24)30-18(11)33/h4-9,11-14,17,19-21,29H,2-3,24H2,1H3,(H,30,33)(H,34,45)(H,35,46)(H2,23,25,26)/t7-,8-,9-,11?,12-,13-,14-,17?,19-,20-,21?,43?,44?/m1/s1. The first-order valence-electron chi connectivity index (χ1n) is 13.7. The molecule has 46 heavy (non-hydrogen) atoms. The van der Waals surface area contributed by atoms with E-state index in [2.05, 4.69) is 42.8 Å². The zero-order valence-electron chi connectivity index (χ0n) is 23.6. The molecule has 0 radical (unpaired) electrons. The molecule has 252 valence electrons. The van der Waals surface area contributed by atoms with Crippen molar-refractivity contribution in [1.82, 2.24) is 35.1 Å². The monoisotopic (exact) mass is 726 g/mol. The molecule has 0 spiro atoms. The van der Waals surface area contributed by atoms with E-state index in [1.807, 2.05) is 0 Å². The number of carbonyl (C=O) groups is 1. The van der Waals surface area contributed by atoms with Gasteiger partial charge < -0.3 is 39.6 Å². The van der Waals surface area contributed by atoms with E-state index in [0.717, 1.165) is 0 Å². The highest BCUT2D eigenvalue weighted by molar-refractivity contribution is 8.44. The fraction of sp³-hybridized carbons (Fsp3) is 0.667. The summed E-state index contributed by atoms with van der Waals surface area (Å²) in [6, 6.07) is -0.879. The van der Waals surface area contributed by atoms with Crippen LogP contribution in [0.2, 0.25) is 0 Å². The zero-order chi connectivity index (χ0) is 32.5. The molecule has 0 aliphatic carbocycles. The first-order valence-corrected chi connectivity index (χ1v) is 19.0. The summed E-state index contributed by atoms with van der Waals surface area (Å²) in [5.74, 6) is -0.357. The number of nitrogens with zero attached hydrogens (tertiary/aromatic N) is 6. The highest BCUT2D eigenvalue weighted by Crippen LogP contribution is 2.58. The molecule has 4 fully saturated rings. The Morgan fingerprint density at radius 1 is 1.17 bits per heavy atom. The van der Waals surface area contributed by atoms with Gasteiger partial charge in [-0.05, 0) is 11.8 Å². The van der Waals surface area contributed by atoms with Crippen LogP contribution in [0.25, 0.3) is 11.2 Å². The lowest BCUT2D eigenvalue weighted by Gasteiger charge is -2.39. The van der Waals surface area contributed by atoms with Crippen molar-refractivity contribution >= 4 is 66.8 Å². The largest absolute Gasteiger partial charge is 0.386 e. The summed E-state index contributed by atoms with van der Waals surface area (Å²) in [6.07, 6.45) is -8.44. The number of alkyl halides is 1. The molecule has 1 amide bonds. The van der Waals surface area contributed by atoms with Crippen LogP contribution in [0, 0.1) is 0 Å².